The summed E-state index contributed by atoms with van der Waals surface area (Å²) < 4.78 is 62.2. The first kappa shape index (κ1) is 20.1. The molecule has 2 aliphatic heterocycles. The first-order valence-electron chi connectivity index (χ1n) is 9.51. The van der Waals surface area contributed by atoms with Crippen LogP contribution in [0, 0.1) is 5.82 Å². The minimum Gasteiger partial charge on any atom is -0.355 e. The molecule has 1 aromatic heterocycles. The number of sulfonamides is 1. The average molecular weight is 424 g/mol. The van der Waals surface area contributed by atoms with E-state index in [4.69, 9.17) is 4.74 Å². The van der Waals surface area contributed by atoms with Gasteiger partial charge in [0, 0.05) is 19.5 Å². The molecule has 0 aliphatic carbocycles. The van der Waals surface area contributed by atoms with Crippen LogP contribution in [0.15, 0.2) is 41.4 Å². The van der Waals surface area contributed by atoms with E-state index in [1.807, 2.05) is 0 Å². The molecule has 2 aromatic rings. The maximum absolute atomic E-state index is 15.4. The van der Waals surface area contributed by atoms with E-state index >= 15 is 4.39 Å². The van der Waals surface area contributed by atoms with Crippen LogP contribution in [0.4, 0.5) is 14.7 Å². The van der Waals surface area contributed by atoms with Gasteiger partial charge in [0.15, 0.2) is 17.7 Å². The molecule has 2 aliphatic rings. The van der Waals surface area contributed by atoms with E-state index in [2.05, 4.69) is 9.97 Å². The molecule has 156 valence electrons. The molecule has 0 radical (unpaired) electrons. The summed E-state index contributed by atoms with van der Waals surface area (Å²) in [6.45, 7) is 2.13. The van der Waals surface area contributed by atoms with E-state index in [1.165, 1.54) is 12.1 Å². The van der Waals surface area contributed by atoms with Gasteiger partial charge in [-0.3, -0.25) is 0 Å². The molecule has 0 unspecified atom stereocenters. The molecule has 0 amide bonds. The quantitative estimate of drug-likeness (QED) is 0.749. The molecule has 2 saturated heterocycles. The molecule has 2 atom stereocenters. The number of hydrogen-bond donors (Lipinski definition) is 0. The number of nitrogens with zero attached hydrogens (tertiary/aromatic N) is 4. The monoisotopic (exact) mass is 424 g/mol. The van der Waals surface area contributed by atoms with E-state index in [-0.39, 0.29) is 49.2 Å². The number of piperidine rings is 1. The Morgan fingerprint density at radius 3 is 2.72 bits per heavy atom. The van der Waals surface area contributed by atoms with Crippen LogP contribution in [0.25, 0.3) is 0 Å². The van der Waals surface area contributed by atoms with Crippen molar-refractivity contribution in [2.75, 3.05) is 31.1 Å². The van der Waals surface area contributed by atoms with Gasteiger partial charge in [-0.25, -0.2) is 27.2 Å². The fourth-order valence-corrected chi connectivity index (χ4v) is 5.64. The van der Waals surface area contributed by atoms with Gasteiger partial charge in [-0.2, -0.15) is 4.31 Å². The number of aromatic nitrogens is 2. The second-order valence-electron chi connectivity index (χ2n) is 7.07. The topological polar surface area (TPSA) is 75.6 Å². The highest BCUT2D eigenvalue weighted by molar-refractivity contribution is 7.89. The van der Waals surface area contributed by atoms with Crippen molar-refractivity contribution in [1.82, 2.24) is 14.3 Å². The van der Waals surface area contributed by atoms with E-state index in [9.17, 15) is 12.8 Å². The molecule has 29 heavy (non-hydrogen) atoms. The van der Waals surface area contributed by atoms with Crippen molar-refractivity contribution in [3.8, 4) is 0 Å². The third kappa shape index (κ3) is 3.38. The highest BCUT2D eigenvalue weighted by Crippen LogP contribution is 2.40. The van der Waals surface area contributed by atoms with Crippen LogP contribution in [0.3, 0.4) is 0 Å². The lowest BCUT2D eigenvalue weighted by atomic mass is 9.99. The van der Waals surface area contributed by atoms with Crippen LogP contribution in [0.1, 0.15) is 19.0 Å². The van der Waals surface area contributed by atoms with Crippen LogP contribution < -0.4 is 4.90 Å². The van der Waals surface area contributed by atoms with Crippen LogP contribution in [-0.4, -0.2) is 60.8 Å². The SMILES string of the molecule is CCc1nc(N2CC[C@@]3(OCCN3S(=O)(=O)c3ccccc3)[C@H](F)C2)ncc1F. The Balaban J connectivity index is 1.60. The highest BCUT2D eigenvalue weighted by atomic mass is 32.2. The number of anilines is 1. The molecule has 0 bridgehead atoms. The Morgan fingerprint density at radius 1 is 1.28 bits per heavy atom. The normalized spacial score (nSPS) is 25.6. The molecule has 1 aromatic carbocycles. The first-order chi connectivity index (χ1) is 13.9. The van der Waals surface area contributed by atoms with Gasteiger partial charge in [0.05, 0.1) is 29.9 Å². The van der Waals surface area contributed by atoms with Crippen molar-refractivity contribution < 1.29 is 21.9 Å². The van der Waals surface area contributed by atoms with Gasteiger partial charge < -0.3 is 9.64 Å². The Morgan fingerprint density at radius 2 is 2.03 bits per heavy atom. The summed E-state index contributed by atoms with van der Waals surface area (Å²) in [6, 6.07) is 7.95. The van der Waals surface area contributed by atoms with Crippen molar-refractivity contribution >= 4 is 16.0 Å². The summed E-state index contributed by atoms with van der Waals surface area (Å²) in [7, 11) is -3.91. The second kappa shape index (κ2) is 7.58. The molecule has 0 N–H and O–H groups in total. The van der Waals surface area contributed by atoms with E-state index in [1.54, 1.807) is 30.0 Å². The standard InChI is InChI=1S/C19H22F2N4O3S/c1-2-16-15(20)12-22-18(23-16)24-9-8-19(17(21)13-24)25(10-11-28-19)29(26,27)14-6-4-3-5-7-14/h3-7,12,17H,2,8-11,13H2,1H3/t17-,19-/m1/s1. The number of ether oxygens (including phenoxy) is 1. The van der Waals surface area contributed by atoms with Crippen LogP contribution >= 0.6 is 0 Å². The third-order valence-corrected chi connectivity index (χ3v) is 7.37. The van der Waals surface area contributed by atoms with Crippen molar-refractivity contribution in [3.63, 3.8) is 0 Å². The summed E-state index contributed by atoms with van der Waals surface area (Å²) >= 11 is 0. The predicted molar refractivity (Wildman–Crippen MR) is 102 cm³/mol. The van der Waals surface area contributed by atoms with Crippen LogP contribution in [-0.2, 0) is 21.2 Å². The van der Waals surface area contributed by atoms with Gasteiger partial charge in [0.2, 0.25) is 16.0 Å². The van der Waals surface area contributed by atoms with Gasteiger partial charge in [-0.05, 0) is 18.6 Å². The number of benzene rings is 1. The minimum atomic E-state index is -3.91. The van der Waals surface area contributed by atoms with Crippen molar-refractivity contribution in [3.05, 3.63) is 48.0 Å². The van der Waals surface area contributed by atoms with E-state index in [0.717, 1.165) is 10.5 Å². The molecule has 3 heterocycles. The maximum atomic E-state index is 15.4. The summed E-state index contributed by atoms with van der Waals surface area (Å²) in [4.78, 5) is 9.86. The van der Waals surface area contributed by atoms with Gasteiger partial charge in [0.1, 0.15) is 0 Å². The van der Waals surface area contributed by atoms with Crippen molar-refractivity contribution in [1.29, 1.82) is 0 Å². The summed E-state index contributed by atoms with van der Waals surface area (Å²) in [6.07, 6.45) is -0.0277. The van der Waals surface area contributed by atoms with Crippen LogP contribution in [0.5, 0.6) is 0 Å². The van der Waals surface area contributed by atoms with Gasteiger partial charge in [-0.15, -0.1) is 0 Å². The van der Waals surface area contributed by atoms with Crippen molar-refractivity contribution in [2.24, 2.45) is 0 Å². The molecule has 10 heteroatoms. The Bertz CT molecular complexity index is 992. The fraction of sp³-hybridized carbons (Fsp3) is 0.474. The largest absolute Gasteiger partial charge is 0.355 e. The Labute approximate surface area is 168 Å². The zero-order valence-corrected chi connectivity index (χ0v) is 16.8. The number of rotatable bonds is 4. The first-order valence-corrected chi connectivity index (χ1v) is 10.9. The molecule has 4 rings (SSSR count). The predicted octanol–water partition coefficient (Wildman–Crippen LogP) is 2.14. The lowest BCUT2D eigenvalue weighted by Crippen LogP contribution is -2.62. The van der Waals surface area contributed by atoms with E-state index in [0.29, 0.717) is 6.42 Å². The van der Waals surface area contributed by atoms with Gasteiger partial charge in [0.25, 0.3) is 0 Å². The van der Waals surface area contributed by atoms with E-state index < -0.39 is 27.7 Å². The molecular formula is C19H22F2N4O3S. The highest BCUT2D eigenvalue weighted by Gasteiger charge is 2.57. The third-order valence-electron chi connectivity index (χ3n) is 5.43. The number of alkyl halides is 1. The zero-order valence-electron chi connectivity index (χ0n) is 16.0. The Kier molecular flexibility index (Phi) is 5.26. The van der Waals surface area contributed by atoms with Crippen molar-refractivity contribution in [2.45, 2.75) is 36.6 Å². The summed E-state index contributed by atoms with van der Waals surface area (Å²) in [5.41, 5.74) is -1.30. The lowest BCUT2D eigenvalue weighted by molar-refractivity contribution is -0.116. The second-order valence-corrected chi connectivity index (χ2v) is 8.93. The number of aryl methyl sites for hydroxylation is 1. The fourth-order valence-electron chi connectivity index (χ4n) is 3.91. The maximum Gasteiger partial charge on any atom is 0.245 e. The van der Waals surface area contributed by atoms with Gasteiger partial charge >= 0.3 is 0 Å². The minimum absolute atomic E-state index is 0.0880. The summed E-state index contributed by atoms with van der Waals surface area (Å²) in [5, 5.41) is 0. The smallest absolute Gasteiger partial charge is 0.245 e. The number of hydrogen-bond acceptors (Lipinski definition) is 6. The average Bonchev–Trinajstić information content (AvgIpc) is 3.17. The molecule has 1 spiro atoms. The number of halogens is 2. The molecule has 2 fully saturated rings. The molecule has 0 saturated carbocycles. The summed E-state index contributed by atoms with van der Waals surface area (Å²) in [5.74, 6) is -0.267. The zero-order chi connectivity index (χ0) is 20.6. The molecule has 7 nitrogen and oxygen atoms in total. The Hall–Kier alpha value is -2.17. The molecular weight excluding hydrogens is 402 g/mol. The lowest BCUT2D eigenvalue weighted by Gasteiger charge is -2.45. The van der Waals surface area contributed by atoms with Gasteiger partial charge in [-0.1, -0.05) is 25.1 Å². The van der Waals surface area contributed by atoms with Crippen LogP contribution in [0.2, 0.25) is 0 Å².